The smallest absolute Gasteiger partial charge is 0.256 e. The van der Waals surface area contributed by atoms with Crippen LogP contribution in [0.2, 0.25) is 0 Å². The van der Waals surface area contributed by atoms with Crippen LogP contribution in [-0.4, -0.2) is 73.1 Å². The molecule has 3 aromatic heterocycles. The maximum absolute atomic E-state index is 13.9. The Balaban J connectivity index is 0.000000172. The number of benzene rings is 3. The molecule has 56 heavy (non-hydrogen) atoms. The van der Waals surface area contributed by atoms with Gasteiger partial charge in [0.2, 0.25) is 23.4 Å². The predicted octanol–water partition coefficient (Wildman–Crippen LogP) is 7.74. The highest BCUT2D eigenvalue weighted by molar-refractivity contribution is 5.95. The molecule has 17 heteroatoms. The average Bonchev–Trinajstić information content (AvgIpc) is 3.90. The quantitative estimate of drug-likeness (QED) is 0.156. The summed E-state index contributed by atoms with van der Waals surface area (Å²) in [4.78, 5) is 41.0. The van der Waals surface area contributed by atoms with Crippen LogP contribution in [0.25, 0.3) is 22.9 Å². The van der Waals surface area contributed by atoms with Gasteiger partial charge >= 0.3 is 0 Å². The third kappa shape index (κ3) is 8.45. The minimum absolute atomic E-state index is 0.00137. The van der Waals surface area contributed by atoms with Crippen molar-refractivity contribution in [1.29, 1.82) is 0 Å². The zero-order valence-corrected chi connectivity index (χ0v) is 29.3. The van der Waals surface area contributed by atoms with Crippen molar-refractivity contribution in [3.8, 4) is 22.9 Å². The van der Waals surface area contributed by atoms with Crippen molar-refractivity contribution in [1.82, 2.24) is 35.1 Å². The van der Waals surface area contributed by atoms with Gasteiger partial charge in [-0.15, -0.1) is 0 Å². The SMILES string of the molecule is O=C(c1ccc(F)cc1F)N1CCC[C@H](c2nc(-c3ccc(F)cc3F)no2)C1.O=C(c1ccc(F)cc1F)N1CCC[C@H](c2nc(-c3ccccn3)no2)C1. The van der Waals surface area contributed by atoms with Crippen molar-refractivity contribution < 1.29 is 45.0 Å². The molecule has 2 saturated heterocycles. The van der Waals surface area contributed by atoms with E-state index in [1.54, 1.807) is 18.3 Å². The normalized spacial score (nSPS) is 17.0. The largest absolute Gasteiger partial charge is 0.339 e. The van der Waals surface area contributed by atoms with Gasteiger partial charge in [-0.3, -0.25) is 14.6 Å². The molecule has 0 aliphatic carbocycles. The van der Waals surface area contributed by atoms with Gasteiger partial charge in [0.05, 0.1) is 28.5 Å². The topological polar surface area (TPSA) is 131 Å². The zero-order valence-electron chi connectivity index (χ0n) is 29.3. The van der Waals surface area contributed by atoms with E-state index in [9.17, 15) is 35.9 Å². The predicted molar refractivity (Wildman–Crippen MR) is 186 cm³/mol. The fraction of sp³-hybridized carbons (Fsp3) is 0.256. The van der Waals surface area contributed by atoms with Gasteiger partial charge in [0.15, 0.2) is 0 Å². The number of hydrogen-bond acceptors (Lipinski definition) is 9. The second-order valence-corrected chi connectivity index (χ2v) is 13.2. The molecule has 0 unspecified atom stereocenters. The number of amides is 2. The number of carbonyl (C=O) groups is 2. The molecule has 5 heterocycles. The summed E-state index contributed by atoms with van der Waals surface area (Å²) in [5.74, 6) is -5.29. The number of piperidine rings is 2. The highest BCUT2D eigenvalue weighted by atomic mass is 19.2. The summed E-state index contributed by atoms with van der Waals surface area (Å²) in [5, 5.41) is 7.71. The van der Waals surface area contributed by atoms with Crippen LogP contribution in [0.1, 0.15) is 70.0 Å². The number of rotatable bonds is 6. The molecule has 0 radical (unpaired) electrons. The molecule has 288 valence electrons. The third-order valence-corrected chi connectivity index (χ3v) is 9.39. The Bertz CT molecular complexity index is 2360. The molecule has 0 bridgehead atoms. The summed E-state index contributed by atoms with van der Waals surface area (Å²) in [6.45, 7) is 1.43. The molecule has 0 saturated carbocycles. The van der Waals surface area contributed by atoms with Crippen LogP contribution in [0.5, 0.6) is 0 Å². The van der Waals surface area contributed by atoms with Gasteiger partial charge in [0.1, 0.15) is 40.6 Å². The lowest BCUT2D eigenvalue weighted by atomic mass is 9.97. The van der Waals surface area contributed by atoms with Gasteiger partial charge in [-0.05, 0) is 74.2 Å². The number of likely N-dealkylation sites (tertiary alicyclic amines) is 2. The molecular weight excluding hydrogens is 744 g/mol. The maximum Gasteiger partial charge on any atom is 0.256 e. The number of carbonyl (C=O) groups excluding carboxylic acids is 2. The first kappa shape index (κ1) is 37.9. The second kappa shape index (κ2) is 16.5. The molecule has 2 atom stereocenters. The summed E-state index contributed by atoms with van der Waals surface area (Å²) < 4.78 is 91.7. The van der Waals surface area contributed by atoms with E-state index in [2.05, 4.69) is 25.3 Å². The van der Waals surface area contributed by atoms with Crippen molar-refractivity contribution in [3.63, 3.8) is 0 Å². The standard InChI is InChI=1S/C20H15F4N3O2.C19H16F2N4O2/c21-12-3-5-14(16(23)8-12)18-25-19(29-26-18)11-2-1-7-27(10-11)20(28)15-6-4-13(22)9-17(15)24;20-13-6-7-14(15(21)10-13)19(26)25-9-3-4-12(11-25)18-23-17(24-27-18)16-5-1-2-8-22-16/h3-6,8-9,11H,1-2,7,10H2;1-2,5-8,10,12H,3-4,9,11H2/t11-;12-/m00/s1. The summed E-state index contributed by atoms with van der Waals surface area (Å²) in [6, 6.07) is 14.2. The van der Waals surface area contributed by atoms with Gasteiger partial charge in [0.25, 0.3) is 11.8 Å². The zero-order chi connectivity index (χ0) is 39.3. The lowest BCUT2D eigenvalue weighted by molar-refractivity contribution is 0.0683. The van der Waals surface area contributed by atoms with Crippen LogP contribution in [0.4, 0.5) is 26.3 Å². The summed E-state index contributed by atoms with van der Waals surface area (Å²) in [5.41, 5.74) is 0.242. The Morgan fingerprint density at radius 1 is 0.607 bits per heavy atom. The van der Waals surface area contributed by atoms with Crippen molar-refractivity contribution in [3.05, 3.63) is 137 Å². The Kier molecular flexibility index (Phi) is 11.2. The number of hydrogen-bond donors (Lipinski definition) is 0. The molecule has 2 amide bonds. The lowest BCUT2D eigenvalue weighted by Gasteiger charge is -2.31. The first-order valence-electron chi connectivity index (χ1n) is 17.6. The maximum atomic E-state index is 13.9. The Morgan fingerprint density at radius 3 is 1.61 bits per heavy atom. The van der Waals surface area contributed by atoms with Gasteiger partial charge in [-0.2, -0.15) is 9.97 Å². The molecule has 2 aliphatic heterocycles. The van der Waals surface area contributed by atoms with Crippen LogP contribution in [-0.2, 0) is 0 Å². The van der Waals surface area contributed by atoms with Crippen molar-refractivity contribution in [2.45, 2.75) is 37.5 Å². The molecule has 8 rings (SSSR count). The molecule has 0 N–H and O–H groups in total. The van der Waals surface area contributed by atoms with E-state index in [0.717, 1.165) is 43.2 Å². The molecule has 3 aromatic carbocycles. The number of aromatic nitrogens is 5. The molecule has 2 aliphatic rings. The van der Waals surface area contributed by atoms with E-state index in [-0.39, 0.29) is 46.8 Å². The van der Waals surface area contributed by atoms with E-state index in [1.807, 2.05) is 6.07 Å². The van der Waals surface area contributed by atoms with Crippen molar-refractivity contribution in [2.75, 3.05) is 26.2 Å². The van der Waals surface area contributed by atoms with Gasteiger partial charge in [0, 0.05) is 50.6 Å². The fourth-order valence-corrected chi connectivity index (χ4v) is 6.57. The van der Waals surface area contributed by atoms with Crippen molar-refractivity contribution in [2.24, 2.45) is 0 Å². The number of halogens is 6. The first-order chi connectivity index (χ1) is 27.0. The van der Waals surface area contributed by atoms with E-state index in [1.165, 1.54) is 21.9 Å². The molecule has 6 aromatic rings. The highest BCUT2D eigenvalue weighted by Gasteiger charge is 2.32. The van der Waals surface area contributed by atoms with E-state index >= 15 is 0 Å². The Morgan fingerprint density at radius 2 is 1.11 bits per heavy atom. The summed E-state index contributed by atoms with van der Waals surface area (Å²) in [6.07, 6.45) is 4.40. The monoisotopic (exact) mass is 775 g/mol. The third-order valence-electron chi connectivity index (χ3n) is 9.39. The van der Waals surface area contributed by atoms with Gasteiger partial charge in [-0.25, -0.2) is 26.3 Å². The van der Waals surface area contributed by atoms with Gasteiger partial charge in [-0.1, -0.05) is 16.4 Å². The highest BCUT2D eigenvalue weighted by Crippen LogP contribution is 2.31. The Labute approximate surface area is 315 Å². The molecular formula is C39H31F6N7O4. The van der Waals surface area contributed by atoms with E-state index in [0.29, 0.717) is 62.0 Å². The van der Waals surface area contributed by atoms with Crippen LogP contribution in [0, 0.1) is 34.9 Å². The number of nitrogens with zero attached hydrogens (tertiary/aromatic N) is 7. The van der Waals surface area contributed by atoms with Gasteiger partial charge < -0.3 is 18.8 Å². The van der Waals surface area contributed by atoms with Crippen LogP contribution in [0.15, 0.2) is 88.0 Å². The van der Waals surface area contributed by atoms with Crippen molar-refractivity contribution >= 4 is 11.8 Å². The van der Waals surface area contributed by atoms with Crippen LogP contribution in [0.3, 0.4) is 0 Å². The second-order valence-electron chi connectivity index (χ2n) is 13.2. The number of pyridine rings is 1. The fourth-order valence-electron chi connectivity index (χ4n) is 6.57. The lowest BCUT2D eigenvalue weighted by Crippen LogP contribution is -2.39. The van der Waals surface area contributed by atoms with Crippen LogP contribution < -0.4 is 0 Å². The van der Waals surface area contributed by atoms with Crippen LogP contribution >= 0.6 is 0 Å². The minimum atomic E-state index is -0.927. The Hall–Kier alpha value is -6.39. The van der Waals surface area contributed by atoms with E-state index < -0.39 is 46.7 Å². The van der Waals surface area contributed by atoms with E-state index in [4.69, 9.17) is 9.05 Å². The summed E-state index contributed by atoms with van der Waals surface area (Å²) in [7, 11) is 0. The molecule has 11 nitrogen and oxygen atoms in total. The molecule has 0 spiro atoms. The molecule has 2 fully saturated rings. The summed E-state index contributed by atoms with van der Waals surface area (Å²) >= 11 is 0. The first-order valence-corrected chi connectivity index (χ1v) is 17.6. The minimum Gasteiger partial charge on any atom is -0.339 e. The average molecular weight is 776 g/mol.